The van der Waals surface area contributed by atoms with E-state index in [4.69, 9.17) is 4.74 Å². The number of rotatable bonds is 6. The minimum absolute atomic E-state index is 0.00106. The van der Waals surface area contributed by atoms with Gasteiger partial charge in [0.1, 0.15) is 5.75 Å². The average Bonchev–Trinajstić information content (AvgIpc) is 3.48. The second-order valence-electron chi connectivity index (χ2n) is 7.65. The lowest BCUT2D eigenvalue weighted by Crippen LogP contribution is -2.37. The van der Waals surface area contributed by atoms with E-state index in [0.717, 1.165) is 24.3 Å². The number of nitrogens with zero attached hydrogens (tertiary/aromatic N) is 1. The Balaban J connectivity index is 1.44. The Labute approximate surface area is 169 Å². The number of thiophene rings is 1. The quantitative estimate of drug-likeness (QED) is 0.795. The summed E-state index contributed by atoms with van der Waals surface area (Å²) in [5, 5.41) is 5.35. The van der Waals surface area contributed by atoms with Gasteiger partial charge in [0.15, 0.2) is 0 Å². The zero-order chi connectivity index (χ0) is 19.5. The number of anilines is 1. The molecule has 6 heteroatoms. The van der Waals surface area contributed by atoms with Crippen LogP contribution in [0.25, 0.3) is 0 Å². The number of amides is 2. The highest BCUT2D eigenvalue weighted by molar-refractivity contribution is 7.10. The van der Waals surface area contributed by atoms with Gasteiger partial charge in [-0.25, -0.2) is 0 Å². The van der Waals surface area contributed by atoms with E-state index in [1.54, 1.807) is 23.3 Å². The van der Waals surface area contributed by atoms with Gasteiger partial charge in [-0.1, -0.05) is 18.9 Å². The van der Waals surface area contributed by atoms with Gasteiger partial charge in [-0.2, -0.15) is 0 Å². The van der Waals surface area contributed by atoms with E-state index in [9.17, 15) is 9.59 Å². The van der Waals surface area contributed by atoms with Gasteiger partial charge >= 0.3 is 0 Å². The van der Waals surface area contributed by atoms with E-state index in [-0.39, 0.29) is 30.2 Å². The molecule has 148 valence electrons. The highest BCUT2D eigenvalue weighted by atomic mass is 32.1. The average molecular weight is 399 g/mol. The molecule has 0 radical (unpaired) electrons. The normalized spacial score (nSPS) is 21.1. The Hall–Kier alpha value is -2.34. The maximum atomic E-state index is 13.0. The third kappa shape index (κ3) is 3.92. The molecule has 1 N–H and O–H groups in total. The molecule has 1 saturated heterocycles. The molecule has 4 rings (SSSR count). The molecule has 2 aliphatic rings. The zero-order valence-electron chi connectivity index (χ0n) is 16.1. The summed E-state index contributed by atoms with van der Waals surface area (Å²) in [6, 6.07) is 11.6. The summed E-state index contributed by atoms with van der Waals surface area (Å²) in [6.07, 6.45) is 5.04. The molecule has 2 fully saturated rings. The van der Waals surface area contributed by atoms with Crippen molar-refractivity contribution in [2.75, 3.05) is 18.6 Å². The molecule has 1 aliphatic carbocycles. The number of nitrogens with one attached hydrogen (secondary N) is 1. The Morgan fingerprint density at radius 1 is 1.21 bits per heavy atom. The molecule has 0 unspecified atom stereocenters. The lowest BCUT2D eigenvalue weighted by Gasteiger charge is -2.25. The second-order valence-corrected chi connectivity index (χ2v) is 8.63. The van der Waals surface area contributed by atoms with E-state index in [1.807, 2.05) is 30.3 Å². The summed E-state index contributed by atoms with van der Waals surface area (Å²) in [5.41, 5.74) is 0.812. The van der Waals surface area contributed by atoms with E-state index >= 15 is 0 Å². The number of carbonyl (C=O) groups is 2. The Bertz CT molecular complexity index is 813. The molecule has 1 aromatic carbocycles. The highest BCUT2D eigenvalue weighted by Gasteiger charge is 2.37. The monoisotopic (exact) mass is 398 g/mol. The van der Waals surface area contributed by atoms with Crippen molar-refractivity contribution in [3.8, 4) is 5.75 Å². The number of carbonyl (C=O) groups excluding carboxylic acids is 2. The molecule has 1 saturated carbocycles. The zero-order valence-corrected chi connectivity index (χ0v) is 16.9. The number of hydrogen-bond acceptors (Lipinski definition) is 4. The van der Waals surface area contributed by atoms with Crippen molar-refractivity contribution in [2.45, 2.75) is 38.1 Å². The third-order valence-electron chi connectivity index (χ3n) is 5.90. The Kier molecular flexibility index (Phi) is 5.67. The molecular formula is C22H26N2O3S. The van der Waals surface area contributed by atoms with E-state index in [1.165, 1.54) is 17.7 Å². The molecule has 28 heavy (non-hydrogen) atoms. The van der Waals surface area contributed by atoms with E-state index < -0.39 is 0 Å². The molecule has 2 amide bonds. The van der Waals surface area contributed by atoms with Gasteiger partial charge in [-0.05, 0) is 54.5 Å². The minimum atomic E-state index is -0.307. The van der Waals surface area contributed by atoms with Gasteiger partial charge in [0.2, 0.25) is 11.8 Å². The van der Waals surface area contributed by atoms with Crippen molar-refractivity contribution in [3.63, 3.8) is 0 Å². The Morgan fingerprint density at radius 2 is 1.96 bits per heavy atom. The molecule has 2 aromatic rings. The molecule has 2 atom stereocenters. The fourth-order valence-electron chi connectivity index (χ4n) is 4.35. The van der Waals surface area contributed by atoms with Crippen molar-refractivity contribution in [1.82, 2.24) is 5.32 Å². The summed E-state index contributed by atoms with van der Waals surface area (Å²) in [5.74, 6) is 0.935. The molecule has 5 nitrogen and oxygen atoms in total. The molecular weight excluding hydrogens is 372 g/mol. The van der Waals surface area contributed by atoms with Crippen LogP contribution in [0, 0.1) is 11.8 Å². The first-order valence-corrected chi connectivity index (χ1v) is 10.8. The van der Waals surface area contributed by atoms with Gasteiger partial charge < -0.3 is 15.0 Å². The predicted octanol–water partition coefficient (Wildman–Crippen LogP) is 4.16. The van der Waals surface area contributed by atoms with E-state index in [2.05, 4.69) is 16.8 Å². The van der Waals surface area contributed by atoms with Crippen molar-refractivity contribution < 1.29 is 14.3 Å². The van der Waals surface area contributed by atoms with Gasteiger partial charge in [0.05, 0.1) is 19.1 Å². The minimum Gasteiger partial charge on any atom is -0.497 e. The van der Waals surface area contributed by atoms with Crippen LogP contribution in [0.3, 0.4) is 0 Å². The number of methoxy groups -OCH3 is 1. The van der Waals surface area contributed by atoms with Crippen LogP contribution in [0.4, 0.5) is 5.69 Å². The van der Waals surface area contributed by atoms with Gasteiger partial charge in [0, 0.05) is 23.5 Å². The van der Waals surface area contributed by atoms with Crippen molar-refractivity contribution >= 4 is 28.8 Å². The topological polar surface area (TPSA) is 58.6 Å². The van der Waals surface area contributed by atoms with Gasteiger partial charge in [-0.3, -0.25) is 9.59 Å². The third-order valence-corrected chi connectivity index (χ3v) is 6.85. The number of ether oxygens (including phenoxy) is 1. The van der Waals surface area contributed by atoms with Crippen LogP contribution in [-0.2, 0) is 9.59 Å². The lowest BCUT2D eigenvalue weighted by molar-refractivity contribution is -0.127. The highest BCUT2D eigenvalue weighted by Crippen LogP contribution is 2.38. The maximum Gasteiger partial charge on any atom is 0.227 e. The molecule has 1 aromatic heterocycles. The van der Waals surface area contributed by atoms with Crippen LogP contribution < -0.4 is 15.0 Å². The molecule has 0 bridgehead atoms. The number of hydrogen-bond donors (Lipinski definition) is 1. The van der Waals surface area contributed by atoms with Crippen molar-refractivity contribution in [2.24, 2.45) is 11.8 Å². The van der Waals surface area contributed by atoms with Crippen LogP contribution in [0.15, 0.2) is 41.8 Å². The smallest absolute Gasteiger partial charge is 0.227 e. The Morgan fingerprint density at radius 3 is 2.61 bits per heavy atom. The first kappa shape index (κ1) is 19.0. The van der Waals surface area contributed by atoms with Crippen molar-refractivity contribution in [3.05, 3.63) is 46.7 Å². The largest absolute Gasteiger partial charge is 0.497 e. The van der Waals surface area contributed by atoms with Crippen LogP contribution in [-0.4, -0.2) is 25.5 Å². The second kappa shape index (κ2) is 8.35. The summed E-state index contributed by atoms with van der Waals surface area (Å²) in [4.78, 5) is 28.5. The summed E-state index contributed by atoms with van der Waals surface area (Å²) < 4.78 is 5.18. The predicted molar refractivity (Wildman–Crippen MR) is 111 cm³/mol. The van der Waals surface area contributed by atoms with Crippen LogP contribution in [0.1, 0.15) is 43.0 Å². The SMILES string of the molecule is COc1ccc(N2C[C@H](C(=O)N[C@H](c3cccs3)C3CCCC3)CC2=O)cc1. The van der Waals surface area contributed by atoms with Crippen molar-refractivity contribution in [1.29, 1.82) is 0 Å². The fraction of sp³-hybridized carbons (Fsp3) is 0.455. The molecule has 2 heterocycles. The first-order valence-electron chi connectivity index (χ1n) is 9.94. The molecule has 1 aliphatic heterocycles. The summed E-state index contributed by atoms with van der Waals surface area (Å²) in [6.45, 7) is 0.429. The summed E-state index contributed by atoms with van der Waals surface area (Å²) >= 11 is 1.70. The summed E-state index contributed by atoms with van der Waals surface area (Å²) in [7, 11) is 1.62. The van der Waals surface area contributed by atoms with Gasteiger partial charge in [0.25, 0.3) is 0 Å². The van der Waals surface area contributed by atoms with E-state index in [0.29, 0.717) is 12.5 Å². The standard InChI is InChI=1S/C22H26N2O3S/c1-27-18-10-8-17(9-11-18)24-14-16(13-20(24)25)22(26)23-21(15-5-2-3-6-15)19-7-4-12-28-19/h4,7-12,15-16,21H,2-3,5-6,13-14H2,1H3,(H,23,26)/t16-,21+/m1/s1. The van der Waals surface area contributed by atoms with Crippen LogP contribution >= 0.6 is 11.3 Å². The van der Waals surface area contributed by atoms with Gasteiger partial charge in [-0.15, -0.1) is 11.3 Å². The first-order chi connectivity index (χ1) is 13.7. The lowest BCUT2D eigenvalue weighted by atomic mass is 9.95. The maximum absolute atomic E-state index is 13.0. The fourth-order valence-corrected chi connectivity index (χ4v) is 5.22. The van der Waals surface area contributed by atoms with Crippen LogP contribution in [0.2, 0.25) is 0 Å². The molecule has 0 spiro atoms. The van der Waals surface area contributed by atoms with Crippen LogP contribution in [0.5, 0.6) is 5.75 Å². The number of benzene rings is 1.